The maximum Gasteiger partial charge on any atom is 0.320 e. The Bertz CT molecular complexity index is 1580. The Labute approximate surface area is 300 Å². The fourth-order valence-electron chi connectivity index (χ4n) is 7.10. The average Bonchev–Trinajstić information content (AvgIpc) is 3.64. The van der Waals surface area contributed by atoms with Crippen molar-refractivity contribution in [1.29, 1.82) is 0 Å². The quantitative estimate of drug-likeness (QED) is 0.0620. The van der Waals surface area contributed by atoms with Gasteiger partial charge in [-0.3, -0.25) is 5.32 Å². The van der Waals surface area contributed by atoms with Crippen LogP contribution in [0.1, 0.15) is 56.2 Å². The summed E-state index contributed by atoms with van der Waals surface area (Å²) >= 11 is 0. The predicted octanol–water partition coefficient (Wildman–Crippen LogP) is 8.27. The van der Waals surface area contributed by atoms with Gasteiger partial charge in [-0.15, -0.1) is 0 Å². The zero-order valence-corrected chi connectivity index (χ0v) is 33.6. The van der Waals surface area contributed by atoms with Gasteiger partial charge in [-0.25, -0.2) is 14.8 Å². The SMILES string of the molecule is C=C(OCC)c1c([C@H]2C[C@@H]3CC[C@@H](C3)C2)nc2c(-c3ccc(NC(=O)NC)nc3)cnn2c1N(COCC[Si](C)(C)C)COCC[Si](C)(C)C. The van der Waals surface area contributed by atoms with Crippen molar-refractivity contribution in [3.8, 4) is 11.1 Å². The van der Waals surface area contributed by atoms with Gasteiger partial charge in [-0.1, -0.05) is 58.7 Å². The molecule has 5 rings (SSSR count). The summed E-state index contributed by atoms with van der Waals surface area (Å²) in [5.41, 5.74) is 4.37. The lowest BCUT2D eigenvalue weighted by Gasteiger charge is -2.33. The van der Waals surface area contributed by atoms with E-state index in [4.69, 9.17) is 24.3 Å². The number of fused-ring (bicyclic) bond motifs is 3. The van der Waals surface area contributed by atoms with E-state index in [1.165, 1.54) is 19.3 Å². The molecule has 2 aliphatic rings. The number of urea groups is 1. The van der Waals surface area contributed by atoms with E-state index in [1.807, 2.05) is 23.7 Å². The number of aromatic nitrogens is 4. The van der Waals surface area contributed by atoms with E-state index in [2.05, 4.69) is 66.4 Å². The van der Waals surface area contributed by atoms with Gasteiger partial charge in [0.25, 0.3) is 0 Å². The third-order valence-electron chi connectivity index (χ3n) is 9.85. The molecule has 0 spiro atoms. The molecule has 3 heterocycles. The highest BCUT2D eigenvalue weighted by Gasteiger charge is 2.38. The van der Waals surface area contributed by atoms with Crippen LogP contribution in [0.4, 0.5) is 16.4 Å². The van der Waals surface area contributed by atoms with Crippen molar-refractivity contribution in [3.63, 3.8) is 0 Å². The first kappa shape index (κ1) is 38.0. The van der Waals surface area contributed by atoms with E-state index in [1.54, 1.807) is 19.3 Å². The summed E-state index contributed by atoms with van der Waals surface area (Å²) < 4.78 is 21.0. The smallest absolute Gasteiger partial charge is 0.320 e. The van der Waals surface area contributed by atoms with Crippen LogP contribution in [0.3, 0.4) is 0 Å². The van der Waals surface area contributed by atoms with E-state index in [0.717, 1.165) is 58.8 Å². The summed E-state index contributed by atoms with van der Waals surface area (Å²) in [5, 5.41) is 10.3. The van der Waals surface area contributed by atoms with E-state index in [9.17, 15) is 4.79 Å². The number of pyridine rings is 1. The van der Waals surface area contributed by atoms with E-state index >= 15 is 0 Å². The van der Waals surface area contributed by atoms with Gasteiger partial charge in [-0.2, -0.15) is 9.61 Å². The van der Waals surface area contributed by atoms with Crippen LogP contribution in [-0.4, -0.2) is 82.1 Å². The molecule has 2 bridgehead atoms. The molecule has 2 fully saturated rings. The molecule has 274 valence electrons. The highest BCUT2D eigenvalue weighted by molar-refractivity contribution is 6.76. The molecule has 0 aliphatic heterocycles. The highest BCUT2D eigenvalue weighted by atomic mass is 28.3. The van der Waals surface area contributed by atoms with Gasteiger partial charge in [0.2, 0.25) is 0 Å². The zero-order valence-electron chi connectivity index (χ0n) is 31.6. The summed E-state index contributed by atoms with van der Waals surface area (Å²) in [6, 6.07) is 5.56. The minimum atomic E-state index is -1.30. The first-order valence-electron chi connectivity index (χ1n) is 18.4. The van der Waals surface area contributed by atoms with Crippen LogP contribution in [0.5, 0.6) is 0 Å². The van der Waals surface area contributed by atoms with Crippen molar-refractivity contribution in [1.82, 2.24) is 24.9 Å². The Balaban J connectivity index is 1.64. The molecule has 2 saturated carbocycles. The number of carbonyl (C=O) groups is 1. The normalized spacial score (nSPS) is 19.1. The zero-order chi connectivity index (χ0) is 36.1. The van der Waals surface area contributed by atoms with Crippen LogP contribution >= 0.6 is 0 Å². The van der Waals surface area contributed by atoms with Gasteiger partial charge in [0.1, 0.15) is 30.9 Å². The van der Waals surface area contributed by atoms with Crippen LogP contribution in [-0.2, 0) is 14.2 Å². The molecule has 3 atom stereocenters. The minimum absolute atomic E-state index is 0.277. The van der Waals surface area contributed by atoms with Crippen molar-refractivity contribution >= 4 is 45.2 Å². The monoisotopic (exact) mass is 721 g/mol. The van der Waals surface area contributed by atoms with Crippen molar-refractivity contribution in [3.05, 3.63) is 42.4 Å². The number of amides is 2. The number of nitrogens with one attached hydrogen (secondary N) is 2. The summed E-state index contributed by atoms with van der Waals surface area (Å²) in [4.78, 5) is 24.1. The van der Waals surface area contributed by atoms with Crippen LogP contribution < -0.4 is 15.5 Å². The van der Waals surface area contributed by atoms with Gasteiger partial charge in [0.15, 0.2) is 5.65 Å². The van der Waals surface area contributed by atoms with Gasteiger partial charge < -0.3 is 24.4 Å². The molecule has 2 aliphatic carbocycles. The summed E-state index contributed by atoms with van der Waals surface area (Å²) in [6.45, 7) is 23.3. The third kappa shape index (κ3) is 9.74. The first-order valence-corrected chi connectivity index (χ1v) is 25.8. The second kappa shape index (κ2) is 16.4. The molecular formula is C37H59N7O4Si2. The number of rotatable bonds is 17. The van der Waals surface area contributed by atoms with Crippen molar-refractivity contribution in [2.75, 3.05) is 50.5 Å². The lowest BCUT2D eigenvalue weighted by Crippen LogP contribution is -2.34. The van der Waals surface area contributed by atoms with Gasteiger partial charge in [-0.05, 0) is 62.2 Å². The molecule has 3 aromatic heterocycles. The molecular weight excluding hydrogens is 663 g/mol. The molecule has 2 amide bonds. The Morgan fingerprint density at radius 2 is 1.62 bits per heavy atom. The summed E-state index contributed by atoms with van der Waals surface area (Å²) in [5.74, 6) is 3.60. The fourth-order valence-corrected chi connectivity index (χ4v) is 8.62. The second-order valence-electron chi connectivity index (χ2n) is 16.4. The van der Waals surface area contributed by atoms with Gasteiger partial charge in [0.05, 0.1) is 24.1 Å². The topological polar surface area (TPSA) is 115 Å². The first-order chi connectivity index (χ1) is 23.8. The summed E-state index contributed by atoms with van der Waals surface area (Å²) in [6.07, 6.45) is 9.72. The van der Waals surface area contributed by atoms with Gasteiger partial charge in [0, 0.05) is 59.7 Å². The Morgan fingerprint density at radius 3 is 2.16 bits per heavy atom. The number of hydrogen-bond acceptors (Lipinski definition) is 8. The number of hydrogen-bond donors (Lipinski definition) is 2. The molecule has 0 aromatic carbocycles. The minimum Gasteiger partial charge on any atom is -0.494 e. The van der Waals surface area contributed by atoms with E-state index in [0.29, 0.717) is 56.7 Å². The van der Waals surface area contributed by atoms with Crippen LogP contribution in [0.15, 0.2) is 31.1 Å². The number of carbonyl (C=O) groups excluding carboxylic acids is 1. The lowest BCUT2D eigenvalue weighted by molar-refractivity contribution is 0.0941. The van der Waals surface area contributed by atoms with E-state index in [-0.39, 0.29) is 11.9 Å². The largest absolute Gasteiger partial charge is 0.494 e. The molecule has 13 heteroatoms. The fraction of sp³-hybridized carbons (Fsp3) is 0.622. The average molecular weight is 722 g/mol. The third-order valence-corrected chi connectivity index (χ3v) is 13.3. The Kier molecular flexibility index (Phi) is 12.4. The number of ether oxygens (including phenoxy) is 3. The van der Waals surface area contributed by atoms with Crippen LogP contribution in [0.2, 0.25) is 51.4 Å². The number of anilines is 2. The maximum atomic E-state index is 11.9. The molecule has 11 nitrogen and oxygen atoms in total. The molecule has 3 aromatic rings. The van der Waals surface area contributed by atoms with Crippen molar-refractivity contribution in [2.45, 2.75) is 96.3 Å². The molecule has 0 radical (unpaired) electrons. The highest BCUT2D eigenvalue weighted by Crippen LogP contribution is 2.50. The van der Waals surface area contributed by atoms with Crippen LogP contribution in [0, 0.1) is 11.8 Å². The lowest BCUT2D eigenvalue weighted by atomic mass is 9.78. The molecule has 50 heavy (non-hydrogen) atoms. The Morgan fingerprint density at radius 1 is 0.980 bits per heavy atom. The Hall–Kier alpha value is -3.27. The van der Waals surface area contributed by atoms with Crippen LogP contribution in [0.25, 0.3) is 22.5 Å². The number of nitrogens with zero attached hydrogens (tertiary/aromatic N) is 5. The maximum absolute atomic E-state index is 11.9. The van der Waals surface area contributed by atoms with E-state index < -0.39 is 16.1 Å². The molecule has 0 unspecified atom stereocenters. The standard InChI is InChI=1S/C37H59N7O4Si2/c1-10-48-26(2)33-34(30-20-27-11-12-28(19-27)21-30)42-35-31(29-13-14-32(39-22-29)41-37(45)38-3)23-40-44(35)36(33)43(24-46-15-17-49(4,5)6)25-47-16-18-50(7,8)9/h13-14,22-23,27-28,30H,2,10-12,15-21,24-25H2,1,3-9H3,(H2,38,39,41,45)/t27-,28+,30+. The van der Waals surface area contributed by atoms with Gasteiger partial charge >= 0.3 is 6.03 Å². The van der Waals surface area contributed by atoms with Crippen molar-refractivity contribution < 1.29 is 19.0 Å². The second-order valence-corrected chi connectivity index (χ2v) is 27.7. The van der Waals surface area contributed by atoms with Crippen molar-refractivity contribution in [2.24, 2.45) is 11.8 Å². The summed E-state index contributed by atoms with van der Waals surface area (Å²) in [7, 11) is -1.02. The molecule has 2 N–H and O–H groups in total. The molecule has 0 saturated heterocycles. The predicted molar refractivity (Wildman–Crippen MR) is 208 cm³/mol.